The quantitative estimate of drug-likeness (QED) is 0.178. The number of hydrogen-bond donors (Lipinski definition) is 0. The van der Waals surface area contributed by atoms with Crippen molar-refractivity contribution in [2.24, 2.45) is 5.16 Å². The molecular weight excluding hydrogens is 412 g/mol. The fraction of sp³-hybridized carbons (Fsp3) is 0.0714. The smallest absolute Gasteiger partial charge is 0.365 e. The fourth-order valence-electron chi connectivity index (χ4n) is 3.89. The topological polar surface area (TPSA) is 56.7 Å². The SMILES string of the molecule is Cc1ccccc1C/C(=N\OC(=O)c1ccccc1)c1cn(-c2ccco2)c2ccccc12. The number of aromatic nitrogens is 1. The van der Waals surface area contributed by atoms with Crippen LogP contribution in [0.2, 0.25) is 0 Å². The Kier molecular flexibility index (Phi) is 5.60. The van der Waals surface area contributed by atoms with Gasteiger partial charge < -0.3 is 9.25 Å². The molecule has 5 aromatic rings. The molecule has 0 spiro atoms. The van der Waals surface area contributed by atoms with Crippen LogP contribution in [0.4, 0.5) is 0 Å². The van der Waals surface area contributed by atoms with Gasteiger partial charge in [0.2, 0.25) is 5.88 Å². The zero-order valence-corrected chi connectivity index (χ0v) is 18.1. The van der Waals surface area contributed by atoms with Crippen LogP contribution < -0.4 is 0 Å². The van der Waals surface area contributed by atoms with Gasteiger partial charge in [0, 0.05) is 29.6 Å². The van der Waals surface area contributed by atoms with E-state index in [-0.39, 0.29) is 0 Å². The predicted molar refractivity (Wildman–Crippen MR) is 129 cm³/mol. The van der Waals surface area contributed by atoms with Crippen LogP contribution in [0.25, 0.3) is 16.8 Å². The molecule has 0 radical (unpaired) electrons. The molecular formula is C28H22N2O3. The van der Waals surface area contributed by atoms with E-state index in [0.717, 1.165) is 27.6 Å². The van der Waals surface area contributed by atoms with E-state index < -0.39 is 5.97 Å². The van der Waals surface area contributed by atoms with Crippen molar-refractivity contribution in [3.63, 3.8) is 0 Å². The summed E-state index contributed by atoms with van der Waals surface area (Å²) in [6.45, 7) is 2.06. The Morgan fingerprint density at radius 3 is 2.45 bits per heavy atom. The Hall–Kier alpha value is -4.38. The lowest BCUT2D eigenvalue weighted by Crippen LogP contribution is -2.10. The minimum Gasteiger partial charge on any atom is -0.448 e. The Balaban J connectivity index is 1.61. The van der Waals surface area contributed by atoms with E-state index in [1.165, 1.54) is 0 Å². The van der Waals surface area contributed by atoms with Crippen LogP contribution in [0.5, 0.6) is 0 Å². The number of carbonyl (C=O) groups excluding carboxylic acids is 1. The molecule has 0 aliphatic heterocycles. The molecule has 0 aliphatic rings. The van der Waals surface area contributed by atoms with Gasteiger partial charge in [-0.1, -0.05) is 65.8 Å². The van der Waals surface area contributed by atoms with Crippen LogP contribution >= 0.6 is 0 Å². The largest absolute Gasteiger partial charge is 0.448 e. The first-order chi connectivity index (χ1) is 16.2. The molecule has 0 saturated heterocycles. The number of furan rings is 1. The minimum absolute atomic E-state index is 0.453. The van der Waals surface area contributed by atoms with Crippen molar-refractivity contribution >= 4 is 22.6 Å². The first kappa shape index (κ1) is 20.5. The summed E-state index contributed by atoms with van der Waals surface area (Å²) >= 11 is 0. The Morgan fingerprint density at radius 1 is 0.909 bits per heavy atom. The molecule has 5 heteroatoms. The van der Waals surface area contributed by atoms with Crippen molar-refractivity contribution in [3.05, 3.63) is 126 Å². The monoisotopic (exact) mass is 434 g/mol. The maximum atomic E-state index is 12.6. The summed E-state index contributed by atoms with van der Waals surface area (Å²) < 4.78 is 7.64. The number of nitrogens with zero attached hydrogens (tertiary/aromatic N) is 2. The average Bonchev–Trinajstić information content (AvgIpc) is 3.51. The van der Waals surface area contributed by atoms with E-state index in [2.05, 4.69) is 24.2 Å². The molecule has 2 aromatic heterocycles. The van der Waals surface area contributed by atoms with Gasteiger partial charge in [0.05, 0.1) is 23.1 Å². The van der Waals surface area contributed by atoms with Gasteiger partial charge in [-0.25, -0.2) is 4.79 Å². The van der Waals surface area contributed by atoms with E-state index in [4.69, 9.17) is 9.25 Å². The number of rotatable bonds is 6. The minimum atomic E-state index is -0.493. The zero-order chi connectivity index (χ0) is 22.6. The first-order valence-corrected chi connectivity index (χ1v) is 10.7. The molecule has 0 saturated carbocycles. The van der Waals surface area contributed by atoms with Gasteiger partial charge in [0.25, 0.3) is 0 Å². The normalized spacial score (nSPS) is 11.6. The second-order valence-electron chi connectivity index (χ2n) is 7.77. The number of benzene rings is 3. The van der Waals surface area contributed by atoms with Crippen LogP contribution in [0.15, 0.2) is 113 Å². The van der Waals surface area contributed by atoms with Gasteiger partial charge in [-0.3, -0.25) is 4.57 Å². The van der Waals surface area contributed by atoms with Crippen molar-refractivity contribution in [3.8, 4) is 5.88 Å². The molecule has 0 fully saturated rings. The van der Waals surface area contributed by atoms with Crippen LogP contribution in [0, 0.1) is 6.92 Å². The number of aryl methyl sites for hydroxylation is 1. The summed E-state index contributed by atoms with van der Waals surface area (Å²) in [6.07, 6.45) is 4.14. The van der Waals surface area contributed by atoms with E-state index in [1.54, 1.807) is 30.5 Å². The van der Waals surface area contributed by atoms with Crippen LogP contribution in [-0.4, -0.2) is 16.2 Å². The molecule has 5 nitrogen and oxygen atoms in total. The predicted octanol–water partition coefficient (Wildman–Crippen LogP) is 6.34. The van der Waals surface area contributed by atoms with Crippen molar-refractivity contribution in [1.29, 1.82) is 0 Å². The summed E-state index contributed by atoms with van der Waals surface area (Å²) in [4.78, 5) is 18.0. The lowest BCUT2D eigenvalue weighted by atomic mass is 9.98. The van der Waals surface area contributed by atoms with E-state index >= 15 is 0 Å². The van der Waals surface area contributed by atoms with Gasteiger partial charge in [-0.15, -0.1) is 0 Å². The van der Waals surface area contributed by atoms with Crippen LogP contribution in [0.3, 0.4) is 0 Å². The Morgan fingerprint density at radius 2 is 1.67 bits per heavy atom. The highest BCUT2D eigenvalue weighted by Crippen LogP contribution is 2.27. The molecule has 33 heavy (non-hydrogen) atoms. The van der Waals surface area contributed by atoms with Crippen molar-refractivity contribution in [2.45, 2.75) is 13.3 Å². The van der Waals surface area contributed by atoms with Gasteiger partial charge in [-0.05, 0) is 42.3 Å². The van der Waals surface area contributed by atoms with Crippen LogP contribution in [0.1, 0.15) is 27.0 Å². The number of para-hydroxylation sites is 1. The molecule has 0 bridgehead atoms. The molecule has 0 aliphatic carbocycles. The van der Waals surface area contributed by atoms with Crippen molar-refractivity contribution < 1.29 is 14.0 Å². The third-order valence-corrected chi connectivity index (χ3v) is 5.63. The van der Waals surface area contributed by atoms with E-state index in [1.807, 2.05) is 65.4 Å². The second-order valence-corrected chi connectivity index (χ2v) is 7.77. The number of oxime groups is 1. The Bertz CT molecular complexity index is 1430. The van der Waals surface area contributed by atoms with E-state index in [9.17, 15) is 4.79 Å². The molecule has 0 atom stereocenters. The maximum Gasteiger partial charge on any atom is 0.365 e. The number of fused-ring (bicyclic) bond motifs is 1. The number of carbonyl (C=O) groups is 1. The third kappa shape index (κ3) is 4.21. The fourth-order valence-corrected chi connectivity index (χ4v) is 3.89. The second kappa shape index (κ2) is 9.01. The molecule has 162 valence electrons. The zero-order valence-electron chi connectivity index (χ0n) is 18.1. The highest BCUT2D eigenvalue weighted by Gasteiger charge is 2.18. The lowest BCUT2D eigenvalue weighted by Gasteiger charge is -2.08. The Labute approximate surface area is 191 Å². The maximum absolute atomic E-state index is 12.6. The summed E-state index contributed by atoms with van der Waals surface area (Å²) in [6, 6.07) is 28.8. The highest BCUT2D eigenvalue weighted by molar-refractivity contribution is 6.12. The van der Waals surface area contributed by atoms with Gasteiger partial charge in [0.15, 0.2) is 0 Å². The molecule has 5 rings (SSSR count). The lowest BCUT2D eigenvalue weighted by molar-refractivity contribution is 0.0516. The standard InChI is InChI=1S/C28H22N2O3/c1-20-10-5-6-13-22(20)18-25(29-33-28(31)21-11-3-2-4-12-21)24-19-30(27-16-9-17-32-27)26-15-8-7-14-23(24)26/h2-17,19H,18H2,1H3/b29-25+. The first-order valence-electron chi connectivity index (χ1n) is 10.7. The van der Waals surface area contributed by atoms with Crippen molar-refractivity contribution in [1.82, 2.24) is 4.57 Å². The van der Waals surface area contributed by atoms with Gasteiger partial charge >= 0.3 is 5.97 Å². The average molecular weight is 434 g/mol. The summed E-state index contributed by atoms with van der Waals surface area (Å²) in [5.74, 6) is 0.210. The molecule has 0 N–H and O–H groups in total. The van der Waals surface area contributed by atoms with Crippen LogP contribution in [-0.2, 0) is 11.3 Å². The number of hydrogen-bond acceptors (Lipinski definition) is 4. The van der Waals surface area contributed by atoms with Crippen molar-refractivity contribution in [2.75, 3.05) is 0 Å². The van der Waals surface area contributed by atoms with E-state index in [0.29, 0.717) is 23.6 Å². The molecule has 3 aromatic carbocycles. The summed E-state index contributed by atoms with van der Waals surface area (Å²) in [7, 11) is 0. The summed E-state index contributed by atoms with van der Waals surface area (Å²) in [5.41, 5.74) is 5.24. The molecule has 0 unspecified atom stereocenters. The highest BCUT2D eigenvalue weighted by atomic mass is 16.7. The summed E-state index contributed by atoms with van der Waals surface area (Å²) in [5, 5.41) is 5.37. The molecule has 0 amide bonds. The van der Waals surface area contributed by atoms with Gasteiger partial charge in [0.1, 0.15) is 0 Å². The molecule has 2 heterocycles. The third-order valence-electron chi connectivity index (χ3n) is 5.63. The van der Waals surface area contributed by atoms with Gasteiger partial charge in [-0.2, -0.15) is 0 Å².